The Bertz CT molecular complexity index is 849. The molecule has 5 rings (SSSR count). The van der Waals surface area contributed by atoms with Gasteiger partial charge in [-0.25, -0.2) is 4.79 Å². The van der Waals surface area contributed by atoms with Gasteiger partial charge in [-0.1, -0.05) is 11.6 Å². The van der Waals surface area contributed by atoms with Crippen molar-refractivity contribution in [1.82, 2.24) is 10.6 Å². The van der Waals surface area contributed by atoms with E-state index in [0.29, 0.717) is 42.0 Å². The first-order chi connectivity index (χ1) is 13.2. The number of ketones is 1. The van der Waals surface area contributed by atoms with Gasteiger partial charge in [-0.15, -0.1) is 0 Å². The molecular formula is C19H21ClN2O6. The smallest absolute Gasteiger partial charge is 0.405 e. The van der Waals surface area contributed by atoms with Gasteiger partial charge in [0.15, 0.2) is 11.9 Å². The third kappa shape index (κ3) is 3.20. The van der Waals surface area contributed by atoms with Gasteiger partial charge in [0.05, 0.1) is 23.6 Å². The Hall–Kier alpha value is -2.32. The van der Waals surface area contributed by atoms with Gasteiger partial charge in [0.1, 0.15) is 5.75 Å². The van der Waals surface area contributed by atoms with Crippen molar-refractivity contribution in [3.8, 4) is 5.75 Å². The van der Waals surface area contributed by atoms with Crippen LogP contribution >= 0.6 is 11.6 Å². The number of rotatable bonds is 3. The predicted octanol–water partition coefficient (Wildman–Crippen LogP) is 1.87. The zero-order valence-corrected chi connectivity index (χ0v) is 15.8. The van der Waals surface area contributed by atoms with Crippen molar-refractivity contribution in [3.05, 3.63) is 28.8 Å². The van der Waals surface area contributed by atoms with Crippen molar-refractivity contribution in [2.45, 2.75) is 61.8 Å². The van der Waals surface area contributed by atoms with Crippen molar-refractivity contribution >= 4 is 29.4 Å². The second-order valence-electron chi connectivity index (χ2n) is 7.95. The third-order valence-corrected chi connectivity index (χ3v) is 6.48. The standard InChI is InChI=1S/C19H21ClN2O6/c20-10-1-2-13-11(7-10)12(23)8-14(28-13)16(25)21-18-3-5-19(6-4-18,15(24)9-18)22-17(26)27/h1-2,7,14-15,22,24H,3-6,8-9H2,(H,21,25)(H,26,27)/t14-,15+,18?,19?/m1/s1. The maximum absolute atomic E-state index is 12.8. The molecule has 3 fully saturated rings. The molecule has 0 spiro atoms. The van der Waals surface area contributed by atoms with E-state index in [9.17, 15) is 19.5 Å². The lowest BCUT2D eigenvalue weighted by Crippen LogP contribution is -2.70. The van der Waals surface area contributed by atoms with E-state index < -0.39 is 35.3 Å². The molecular weight excluding hydrogens is 388 g/mol. The van der Waals surface area contributed by atoms with Crippen molar-refractivity contribution < 1.29 is 29.3 Å². The number of hydrogen-bond donors (Lipinski definition) is 4. The number of nitrogens with one attached hydrogen (secondary N) is 2. The van der Waals surface area contributed by atoms with Crippen LogP contribution in [-0.4, -0.2) is 51.3 Å². The summed E-state index contributed by atoms with van der Waals surface area (Å²) in [6.45, 7) is 0. The molecule has 1 aliphatic heterocycles. The van der Waals surface area contributed by atoms with Gasteiger partial charge < -0.3 is 25.6 Å². The number of carboxylic acid groups (broad SMARTS) is 1. The zero-order chi connectivity index (χ0) is 20.1. The van der Waals surface area contributed by atoms with Gasteiger partial charge in [-0.05, 0) is 50.3 Å². The quantitative estimate of drug-likeness (QED) is 0.605. The van der Waals surface area contributed by atoms with Crippen LogP contribution in [0.15, 0.2) is 18.2 Å². The van der Waals surface area contributed by atoms with Crippen LogP contribution in [0.2, 0.25) is 5.02 Å². The van der Waals surface area contributed by atoms with E-state index in [4.69, 9.17) is 21.4 Å². The zero-order valence-electron chi connectivity index (χ0n) is 15.0. The van der Waals surface area contributed by atoms with Crippen LogP contribution < -0.4 is 15.4 Å². The fraction of sp³-hybridized carbons (Fsp3) is 0.526. The van der Waals surface area contributed by atoms with Gasteiger partial charge in [0.25, 0.3) is 5.91 Å². The van der Waals surface area contributed by atoms with Crippen LogP contribution in [0.3, 0.4) is 0 Å². The van der Waals surface area contributed by atoms with Gasteiger partial charge in [0.2, 0.25) is 0 Å². The minimum Gasteiger partial charge on any atom is -0.479 e. The molecule has 1 aromatic carbocycles. The number of fused-ring (bicyclic) bond motifs is 4. The number of carbonyl (C=O) groups is 3. The maximum Gasteiger partial charge on any atom is 0.405 e. The molecule has 2 bridgehead atoms. The molecule has 0 radical (unpaired) electrons. The lowest BCUT2D eigenvalue weighted by molar-refractivity contribution is -0.134. The van der Waals surface area contributed by atoms with Gasteiger partial charge in [-0.2, -0.15) is 0 Å². The number of halogens is 1. The number of hydrogen-bond acceptors (Lipinski definition) is 5. The molecule has 2 atom stereocenters. The van der Waals surface area contributed by atoms with Crippen molar-refractivity contribution in [1.29, 1.82) is 0 Å². The number of ether oxygens (including phenoxy) is 1. The van der Waals surface area contributed by atoms with E-state index in [0.717, 1.165) is 0 Å². The van der Waals surface area contributed by atoms with Crippen LogP contribution in [0.1, 0.15) is 48.9 Å². The molecule has 3 saturated carbocycles. The van der Waals surface area contributed by atoms with Crippen molar-refractivity contribution in [2.75, 3.05) is 0 Å². The highest BCUT2D eigenvalue weighted by molar-refractivity contribution is 6.31. The fourth-order valence-electron chi connectivity index (χ4n) is 4.66. The van der Waals surface area contributed by atoms with Crippen LogP contribution in [0.25, 0.3) is 0 Å². The molecule has 0 aromatic heterocycles. The first-order valence-electron chi connectivity index (χ1n) is 9.23. The summed E-state index contributed by atoms with van der Waals surface area (Å²) in [4.78, 5) is 36.3. The largest absolute Gasteiger partial charge is 0.479 e. The molecule has 2 amide bonds. The maximum atomic E-state index is 12.8. The Morgan fingerprint density at radius 3 is 2.54 bits per heavy atom. The lowest BCUT2D eigenvalue weighted by atomic mass is 9.60. The minimum absolute atomic E-state index is 0.0810. The van der Waals surface area contributed by atoms with E-state index in [1.807, 2.05) is 0 Å². The first kappa shape index (κ1) is 19.0. The molecule has 1 aromatic rings. The van der Waals surface area contributed by atoms with Crippen LogP contribution in [0, 0.1) is 0 Å². The molecule has 1 heterocycles. The Kier molecular flexibility index (Phi) is 4.50. The average Bonchev–Trinajstić information content (AvgIpc) is 2.63. The molecule has 4 aliphatic rings. The summed E-state index contributed by atoms with van der Waals surface area (Å²) < 4.78 is 5.72. The van der Waals surface area contributed by atoms with E-state index >= 15 is 0 Å². The molecule has 8 nitrogen and oxygen atoms in total. The highest BCUT2D eigenvalue weighted by Crippen LogP contribution is 2.47. The van der Waals surface area contributed by atoms with Crippen LogP contribution in [-0.2, 0) is 4.79 Å². The number of aliphatic hydroxyl groups excluding tert-OH is 1. The van der Waals surface area contributed by atoms with Gasteiger partial charge >= 0.3 is 6.09 Å². The molecule has 28 heavy (non-hydrogen) atoms. The van der Waals surface area contributed by atoms with Crippen LogP contribution in [0.4, 0.5) is 4.79 Å². The monoisotopic (exact) mass is 408 g/mol. The molecule has 3 aliphatic carbocycles. The molecule has 9 heteroatoms. The fourth-order valence-corrected chi connectivity index (χ4v) is 4.83. The summed E-state index contributed by atoms with van der Waals surface area (Å²) in [6, 6.07) is 4.70. The summed E-state index contributed by atoms with van der Waals surface area (Å²) in [5, 5.41) is 25.4. The molecule has 150 valence electrons. The number of carbonyl (C=O) groups excluding carboxylic acids is 2. The van der Waals surface area contributed by atoms with Crippen molar-refractivity contribution in [3.63, 3.8) is 0 Å². The Balaban J connectivity index is 1.46. The SMILES string of the molecule is O=C(O)NC12CCC(NC(=O)[C@H]3CC(=O)c4cc(Cl)ccc4O3)(CC1)C[C@@H]2O. The number of amides is 2. The summed E-state index contributed by atoms with van der Waals surface area (Å²) >= 11 is 5.92. The second kappa shape index (κ2) is 6.63. The van der Waals surface area contributed by atoms with Gasteiger partial charge in [0, 0.05) is 10.6 Å². The topological polar surface area (TPSA) is 125 Å². The van der Waals surface area contributed by atoms with E-state index in [2.05, 4.69) is 10.6 Å². The third-order valence-electron chi connectivity index (χ3n) is 6.24. The summed E-state index contributed by atoms with van der Waals surface area (Å²) in [6.07, 6.45) is -0.855. The summed E-state index contributed by atoms with van der Waals surface area (Å²) in [5.41, 5.74) is -1.11. The van der Waals surface area contributed by atoms with E-state index in [-0.39, 0.29) is 18.6 Å². The van der Waals surface area contributed by atoms with E-state index in [1.54, 1.807) is 12.1 Å². The normalized spacial score (nSPS) is 33.6. The van der Waals surface area contributed by atoms with Gasteiger partial charge in [-0.3, -0.25) is 9.59 Å². The first-order valence-corrected chi connectivity index (χ1v) is 9.60. The molecule has 0 unspecified atom stereocenters. The van der Waals surface area contributed by atoms with Crippen LogP contribution in [0.5, 0.6) is 5.75 Å². The summed E-state index contributed by atoms with van der Waals surface area (Å²) in [7, 11) is 0. The second-order valence-corrected chi connectivity index (χ2v) is 8.39. The Labute approximate surface area is 166 Å². The average molecular weight is 409 g/mol. The van der Waals surface area contributed by atoms with E-state index in [1.165, 1.54) is 6.07 Å². The van der Waals surface area contributed by atoms with Crippen molar-refractivity contribution in [2.24, 2.45) is 0 Å². The highest BCUT2D eigenvalue weighted by Gasteiger charge is 2.56. The molecule has 0 saturated heterocycles. The summed E-state index contributed by atoms with van der Waals surface area (Å²) in [5.74, 6) is -0.282. The lowest BCUT2D eigenvalue weighted by Gasteiger charge is -2.56. The number of aliphatic hydroxyl groups is 1. The number of Topliss-reactive ketones (excluding diaryl/α,β-unsaturated/α-hetero) is 1. The number of benzene rings is 1. The Morgan fingerprint density at radius 2 is 1.89 bits per heavy atom. The minimum atomic E-state index is -1.16. The molecule has 4 N–H and O–H groups in total. The highest BCUT2D eigenvalue weighted by atomic mass is 35.5. The Morgan fingerprint density at radius 1 is 1.18 bits per heavy atom. The predicted molar refractivity (Wildman–Crippen MR) is 98.7 cm³/mol.